The highest BCUT2D eigenvalue weighted by Crippen LogP contribution is 2.46. The minimum absolute atomic E-state index is 0.162. The van der Waals surface area contributed by atoms with Gasteiger partial charge in [-0.15, -0.1) is 0 Å². The molecule has 0 aliphatic heterocycles. The van der Waals surface area contributed by atoms with Gasteiger partial charge in [-0.05, 0) is 70.2 Å². The van der Waals surface area contributed by atoms with Crippen molar-refractivity contribution in [2.24, 2.45) is 5.92 Å². The highest BCUT2D eigenvalue weighted by Gasteiger charge is 2.42. The number of carbonyl (C=O) groups is 1. The fraction of sp³-hybridized carbons (Fsp3) is 0.423. The number of fused-ring (bicyclic) bond motifs is 1. The van der Waals surface area contributed by atoms with E-state index in [-0.39, 0.29) is 22.5 Å². The molecule has 0 bridgehead atoms. The maximum atomic E-state index is 13.4. The van der Waals surface area contributed by atoms with Gasteiger partial charge in [0.05, 0.1) is 22.1 Å². The third-order valence-electron chi connectivity index (χ3n) is 6.14. The summed E-state index contributed by atoms with van der Waals surface area (Å²) >= 11 is 0. The lowest BCUT2D eigenvalue weighted by Crippen LogP contribution is -2.42. The van der Waals surface area contributed by atoms with E-state index in [2.05, 4.69) is 0 Å². The molecule has 4 rings (SSSR count). The van der Waals surface area contributed by atoms with Crippen LogP contribution >= 0.6 is 0 Å². The van der Waals surface area contributed by atoms with Crippen LogP contribution in [0.5, 0.6) is 0 Å². The number of aromatic nitrogens is 1. The fourth-order valence-electron chi connectivity index (χ4n) is 4.74. The number of ketones is 1. The molecule has 1 heterocycles. The summed E-state index contributed by atoms with van der Waals surface area (Å²) in [6.45, 7) is 6.59. The van der Waals surface area contributed by atoms with Gasteiger partial charge in [0.25, 0.3) is 10.0 Å². The molecule has 0 amide bonds. The van der Waals surface area contributed by atoms with Crippen LogP contribution in [0, 0.1) is 5.92 Å². The van der Waals surface area contributed by atoms with Crippen LogP contribution in [-0.4, -0.2) is 40.1 Å². The molecule has 33 heavy (non-hydrogen) atoms. The number of carbonyl (C=O) groups excluding carboxylic acids is 1. The number of aliphatic hydroxyl groups excluding tert-OH is 1. The van der Waals surface area contributed by atoms with Gasteiger partial charge in [-0.1, -0.05) is 42.8 Å². The molecule has 3 aromatic rings. The minimum Gasteiger partial charge on any atom is -0.392 e. The lowest BCUT2D eigenvalue weighted by molar-refractivity contribution is -0.115. The number of hydrogen-bond acceptors (Lipinski definition) is 5. The third-order valence-corrected chi connectivity index (χ3v) is 7.83. The maximum absolute atomic E-state index is 13.4. The van der Waals surface area contributed by atoms with Gasteiger partial charge >= 0.3 is 0 Å². The van der Waals surface area contributed by atoms with Crippen LogP contribution in [0.25, 0.3) is 10.9 Å². The predicted molar refractivity (Wildman–Crippen MR) is 130 cm³/mol. The van der Waals surface area contributed by atoms with E-state index in [1.165, 1.54) is 17.8 Å². The summed E-state index contributed by atoms with van der Waals surface area (Å²) in [5.41, 5.74) is 0.381. The lowest BCUT2D eigenvalue weighted by atomic mass is 9.67. The van der Waals surface area contributed by atoms with Gasteiger partial charge < -0.3 is 15.0 Å². The standard InChI is InChI=1S/C23H27NO4S.C3H6O/c1-23(2,26)19-12-8-14-21(25)22(19)18-15-24(20-13-7-6-11-17(18)20)29(27,28)16-9-4-3-5-10-16;1-3(2)4/h3-7,9-11,13,15,19,21-22,25-26H,8,12,14H2,1-2H3;1-2H3/t19-,21-,22+;/m1./s1. The van der Waals surface area contributed by atoms with E-state index in [9.17, 15) is 23.4 Å². The number of benzene rings is 2. The quantitative estimate of drug-likeness (QED) is 0.584. The molecule has 0 spiro atoms. The number of hydrogen-bond donors (Lipinski definition) is 2. The Hall–Kier alpha value is -2.48. The van der Waals surface area contributed by atoms with E-state index in [1.54, 1.807) is 56.4 Å². The molecule has 1 aliphatic rings. The van der Waals surface area contributed by atoms with Crippen molar-refractivity contribution in [2.45, 2.75) is 69.5 Å². The van der Waals surface area contributed by atoms with E-state index in [0.717, 1.165) is 23.8 Å². The zero-order valence-electron chi connectivity index (χ0n) is 19.6. The Bertz CT molecular complexity index is 1200. The molecule has 1 fully saturated rings. The van der Waals surface area contributed by atoms with Crippen molar-refractivity contribution in [3.8, 4) is 0 Å². The molecule has 178 valence electrons. The molecule has 3 atom stereocenters. The first-order chi connectivity index (χ1) is 15.4. The van der Waals surface area contributed by atoms with Crippen LogP contribution in [0.2, 0.25) is 0 Å². The summed E-state index contributed by atoms with van der Waals surface area (Å²) in [6, 6.07) is 15.7. The monoisotopic (exact) mass is 471 g/mol. The number of Topliss-reactive ketones (excluding diaryl/α,β-unsaturated/α-hetero) is 1. The first kappa shape index (κ1) is 25.1. The molecule has 6 nitrogen and oxygen atoms in total. The Labute approximate surface area is 195 Å². The van der Waals surface area contributed by atoms with E-state index in [4.69, 9.17) is 0 Å². The second kappa shape index (κ2) is 9.79. The van der Waals surface area contributed by atoms with Crippen molar-refractivity contribution in [1.82, 2.24) is 3.97 Å². The van der Waals surface area contributed by atoms with E-state index < -0.39 is 21.7 Å². The van der Waals surface area contributed by atoms with Gasteiger partial charge in [0.1, 0.15) is 5.78 Å². The van der Waals surface area contributed by atoms with Gasteiger partial charge in [-0.3, -0.25) is 0 Å². The van der Waals surface area contributed by atoms with Crippen molar-refractivity contribution >= 4 is 26.7 Å². The van der Waals surface area contributed by atoms with Gasteiger partial charge in [0, 0.05) is 17.5 Å². The second-order valence-electron chi connectivity index (χ2n) is 9.41. The van der Waals surface area contributed by atoms with E-state index in [0.29, 0.717) is 11.9 Å². The summed E-state index contributed by atoms with van der Waals surface area (Å²) in [5.74, 6) is -0.328. The Morgan fingerprint density at radius 3 is 2.18 bits per heavy atom. The van der Waals surface area contributed by atoms with Gasteiger partial charge in [0.2, 0.25) is 0 Å². The molecule has 0 radical (unpaired) electrons. The zero-order chi connectivity index (χ0) is 24.4. The SMILES string of the molecule is CC(C)(O)[C@@H]1CCC[C@@H](O)[C@H]1c1cn(S(=O)(=O)c2ccccc2)c2ccccc12.CC(C)=O. The minimum atomic E-state index is -3.78. The Morgan fingerprint density at radius 1 is 1.00 bits per heavy atom. The average Bonchev–Trinajstić information content (AvgIpc) is 3.13. The molecule has 0 unspecified atom stereocenters. The first-order valence-electron chi connectivity index (χ1n) is 11.2. The normalized spacial score (nSPS) is 21.3. The van der Waals surface area contributed by atoms with Crippen LogP contribution in [-0.2, 0) is 14.8 Å². The van der Waals surface area contributed by atoms with Crippen molar-refractivity contribution in [3.05, 3.63) is 66.4 Å². The van der Waals surface area contributed by atoms with Crippen molar-refractivity contribution in [2.75, 3.05) is 0 Å². The first-order valence-corrected chi connectivity index (χ1v) is 12.7. The molecule has 0 saturated heterocycles. The summed E-state index contributed by atoms with van der Waals surface area (Å²) in [5, 5.41) is 22.4. The Kier molecular flexibility index (Phi) is 7.46. The highest BCUT2D eigenvalue weighted by molar-refractivity contribution is 7.90. The predicted octanol–water partition coefficient (Wildman–Crippen LogP) is 4.49. The lowest BCUT2D eigenvalue weighted by Gasteiger charge is -2.42. The van der Waals surface area contributed by atoms with Crippen LogP contribution in [0.1, 0.15) is 58.4 Å². The average molecular weight is 472 g/mol. The van der Waals surface area contributed by atoms with E-state index in [1.807, 2.05) is 18.2 Å². The highest BCUT2D eigenvalue weighted by atomic mass is 32.2. The molecule has 1 saturated carbocycles. The third kappa shape index (κ3) is 5.37. The van der Waals surface area contributed by atoms with Crippen molar-refractivity contribution in [3.63, 3.8) is 0 Å². The molecule has 1 aromatic heterocycles. The van der Waals surface area contributed by atoms with Crippen molar-refractivity contribution < 1.29 is 23.4 Å². The zero-order valence-corrected chi connectivity index (χ0v) is 20.4. The maximum Gasteiger partial charge on any atom is 0.268 e. The Balaban J connectivity index is 0.000000709. The topological polar surface area (TPSA) is 96.6 Å². The molecular formula is C26H33NO5S. The molecule has 7 heteroatoms. The molecule has 1 aliphatic carbocycles. The van der Waals surface area contributed by atoms with Crippen LogP contribution in [0.3, 0.4) is 0 Å². The van der Waals surface area contributed by atoms with Gasteiger partial charge in [0.15, 0.2) is 0 Å². The number of para-hydroxylation sites is 1. The van der Waals surface area contributed by atoms with Gasteiger partial charge in [-0.25, -0.2) is 12.4 Å². The largest absolute Gasteiger partial charge is 0.392 e. The summed E-state index contributed by atoms with van der Waals surface area (Å²) in [7, 11) is -3.78. The molecule has 2 aromatic carbocycles. The smallest absolute Gasteiger partial charge is 0.268 e. The van der Waals surface area contributed by atoms with Crippen LogP contribution in [0.4, 0.5) is 0 Å². The van der Waals surface area contributed by atoms with Gasteiger partial charge in [-0.2, -0.15) is 0 Å². The van der Waals surface area contributed by atoms with E-state index >= 15 is 0 Å². The fourth-order valence-corrected chi connectivity index (χ4v) is 6.14. The summed E-state index contributed by atoms with van der Waals surface area (Å²) in [4.78, 5) is 9.66. The second-order valence-corrected chi connectivity index (χ2v) is 11.2. The number of nitrogens with zero attached hydrogens (tertiary/aromatic N) is 1. The van der Waals surface area contributed by atoms with Crippen LogP contribution < -0.4 is 0 Å². The van der Waals surface area contributed by atoms with Crippen molar-refractivity contribution in [1.29, 1.82) is 0 Å². The molecule has 2 N–H and O–H groups in total. The number of rotatable bonds is 4. The number of aliphatic hydroxyl groups is 2. The summed E-state index contributed by atoms with van der Waals surface area (Å²) < 4.78 is 28.0. The van der Waals surface area contributed by atoms with Crippen LogP contribution in [0.15, 0.2) is 65.7 Å². The summed E-state index contributed by atoms with van der Waals surface area (Å²) in [6.07, 6.45) is 3.29. The Morgan fingerprint density at radius 2 is 1.58 bits per heavy atom. The molecular weight excluding hydrogens is 438 g/mol.